The molecule has 19 heavy (non-hydrogen) atoms. The van der Waals surface area contributed by atoms with Crippen LogP contribution in [0.4, 0.5) is 4.39 Å². The van der Waals surface area contributed by atoms with Gasteiger partial charge in [0.1, 0.15) is 10.8 Å². The Hall–Kier alpha value is -1.27. The molecule has 1 atom stereocenters. The molecule has 0 aliphatic heterocycles. The van der Waals surface area contributed by atoms with Gasteiger partial charge in [0.05, 0.1) is 10.5 Å². The molecule has 3 nitrogen and oxygen atoms in total. The molecule has 1 heterocycles. The van der Waals surface area contributed by atoms with Gasteiger partial charge in [0.15, 0.2) is 0 Å². The van der Waals surface area contributed by atoms with Crippen LogP contribution in [0.2, 0.25) is 0 Å². The Balaban J connectivity index is 2.10. The quantitative estimate of drug-likeness (QED) is 0.920. The molecule has 0 aliphatic carbocycles. The van der Waals surface area contributed by atoms with Crippen molar-refractivity contribution in [2.24, 2.45) is 0 Å². The van der Waals surface area contributed by atoms with Gasteiger partial charge in [-0.15, -0.1) is 11.3 Å². The summed E-state index contributed by atoms with van der Waals surface area (Å²) in [6.07, 6.45) is 1.77. The van der Waals surface area contributed by atoms with E-state index in [4.69, 9.17) is 0 Å². The highest BCUT2D eigenvalue weighted by Gasteiger charge is 2.14. The molecular weight excluding hydrogens is 331 g/mol. The van der Waals surface area contributed by atoms with Crippen LogP contribution in [-0.2, 0) is 0 Å². The Morgan fingerprint density at radius 3 is 2.84 bits per heavy atom. The van der Waals surface area contributed by atoms with Gasteiger partial charge >= 0.3 is 0 Å². The molecule has 6 heteroatoms. The first kappa shape index (κ1) is 14.1. The minimum atomic E-state index is -0.389. The Kier molecular flexibility index (Phi) is 4.31. The van der Waals surface area contributed by atoms with Crippen molar-refractivity contribution in [3.05, 3.63) is 50.1 Å². The van der Waals surface area contributed by atoms with Crippen LogP contribution in [0.3, 0.4) is 0 Å². The van der Waals surface area contributed by atoms with E-state index in [0.29, 0.717) is 5.56 Å². The lowest BCUT2D eigenvalue weighted by atomic mass is 10.2. The number of carbonyl (C=O) groups is 1. The first-order chi connectivity index (χ1) is 8.97. The van der Waals surface area contributed by atoms with E-state index in [0.717, 1.165) is 9.88 Å². The number of hydrogen-bond acceptors (Lipinski definition) is 3. The summed E-state index contributed by atoms with van der Waals surface area (Å²) < 4.78 is 13.4. The highest BCUT2D eigenvalue weighted by molar-refractivity contribution is 9.10. The summed E-state index contributed by atoms with van der Waals surface area (Å²) in [5.41, 5.74) is 0.411. The molecule has 0 radical (unpaired) electrons. The van der Waals surface area contributed by atoms with Crippen LogP contribution < -0.4 is 5.32 Å². The molecule has 1 amide bonds. The molecule has 1 N–H and O–H groups in total. The fourth-order valence-corrected chi connectivity index (χ4v) is 2.71. The topological polar surface area (TPSA) is 42.0 Å². The molecule has 1 aromatic heterocycles. The fraction of sp³-hybridized carbons (Fsp3) is 0.231. The fourth-order valence-electron chi connectivity index (χ4n) is 1.55. The molecule has 1 aromatic carbocycles. The molecule has 100 valence electrons. The maximum atomic E-state index is 13.1. The van der Waals surface area contributed by atoms with Crippen molar-refractivity contribution in [2.75, 3.05) is 0 Å². The number of nitrogens with one attached hydrogen (secondary N) is 1. The molecule has 2 aromatic rings. The van der Waals surface area contributed by atoms with Crippen molar-refractivity contribution < 1.29 is 9.18 Å². The number of aryl methyl sites for hydroxylation is 1. The lowest BCUT2D eigenvalue weighted by Crippen LogP contribution is -2.26. The third kappa shape index (κ3) is 3.39. The van der Waals surface area contributed by atoms with Crippen molar-refractivity contribution in [3.63, 3.8) is 0 Å². The summed E-state index contributed by atoms with van der Waals surface area (Å²) in [7, 11) is 0. The number of carbonyl (C=O) groups excluding carboxylic acids is 1. The van der Waals surface area contributed by atoms with Crippen LogP contribution in [0.1, 0.15) is 33.2 Å². The van der Waals surface area contributed by atoms with Gasteiger partial charge in [0, 0.05) is 16.6 Å². The summed E-state index contributed by atoms with van der Waals surface area (Å²) >= 11 is 4.61. The number of rotatable bonds is 3. The maximum absolute atomic E-state index is 13.1. The van der Waals surface area contributed by atoms with E-state index in [9.17, 15) is 9.18 Å². The average molecular weight is 343 g/mol. The number of amides is 1. The number of halogens is 2. The van der Waals surface area contributed by atoms with Crippen molar-refractivity contribution >= 4 is 33.2 Å². The Morgan fingerprint density at radius 2 is 2.26 bits per heavy atom. The van der Waals surface area contributed by atoms with Crippen LogP contribution in [0.5, 0.6) is 0 Å². The van der Waals surface area contributed by atoms with Crippen LogP contribution in [0.25, 0.3) is 0 Å². The molecule has 0 fully saturated rings. The second-order valence-electron chi connectivity index (χ2n) is 4.13. The third-order valence-corrected chi connectivity index (χ3v) is 4.24. The minimum absolute atomic E-state index is 0.171. The third-order valence-electron chi connectivity index (χ3n) is 2.54. The standard InChI is InChI=1S/C13H12BrFN2OS/c1-7-6-16-13(19-7)8(2)17-12(18)9-3-4-11(15)10(14)5-9/h3-6,8H,1-2H3,(H,17,18). The molecule has 0 saturated heterocycles. The molecule has 0 bridgehead atoms. The SMILES string of the molecule is Cc1cnc(C(C)NC(=O)c2ccc(F)c(Br)c2)s1. The molecular formula is C13H12BrFN2OS. The van der Waals surface area contributed by atoms with Crippen LogP contribution >= 0.6 is 27.3 Å². The Morgan fingerprint density at radius 1 is 1.53 bits per heavy atom. The first-order valence-corrected chi connectivity index (χ1v) is 7.26. The monoisotopic (exact) mass is 342 g/mol. The summed E-state index contributed by atoms with van der Waals surface area (Å²) in [5, 5.41) is 3.69. The predicted molar refractivity (Wildman–Crippen MR) is 76.8 cm³/mol. The second kappa shape index (κ2) is 5.79. The number of thiazole rings is 1. The maximum Gasteiger partial charge on any atom is 0.251 e. The van der Waals surface area contributed by atoms with Gasteiger partial charge in [-0.3, -0.25) is 4.79 Å². The molecule has 0 spiro atoms. The van der Waals surface area contributed by atoms with Crippen molar-refractivity contribution in [3.8, 4) is 0 Å². The zero-order valence-electron chi connectivity index (χ0n) is 10.4. The lowest BCUT2D eigenvalue weighted by Gasteiger charge is -2.11. The Bertz CT molecular complexity index is 614. The number of nitrogens with zero attached hydrogens (tertiary/aromatic N) is 1. The van der Waals surface area contributed by atoms with Gasteiger partial charge in [-0.1, -0.05) is 0 Å². The summed E-state index contributed by atoms with van der Waals surface area (Å²) in [4.78, 5) is 17.3. The lowest BCUT2D eigenvalue weighted by molar-refractivity contribution is 0.0939. The van der Waals surface area contributed by atoms with Gasteiger partial charge < -0.3 is 5.32 Å². The van der Waals surface area contributed by atoms with E-state index in [1.54, 1.807) is 17.5 Å². The Labute approximate surface area is 123 Å². The van der Waals surface area contributed by atoms with Crippen molar-refractivity contribution in [2.45, 2.75) is 19.9 Å². The van der Waals surface area contributed by atoms with Gasteiger partial charge in [-0.25, -0.2) is 9.37 Å². The highest BCUT2D eigenvalue weighted by atomic mass is 79.9. The van der Waals surface area contributed by atoms with Gasteiger partial charge in [-0.05, 0) is 48.0 Å². The molecule has 1 unspecified atom stereocenters. The molecule has 0 saturated carbocycles. The van der Waals surface area contributed by atoms with Crippen molar-refractivity contribution in [1.82, 2.24) is 10.3 Å². The number of benzene rings is 1. The van der Waals surface area contributed by atoms with Crippen molar-refractivity contribution in [1.29, 1.82) is 0 Å². The zero-order valence-corrected chi connectivity index (χ0v) is 12.8. The van der Waals surface area contributed by atoms with E-state index in [-0.39, 0.29) is 22.2 Å². The largest absolute Gasteiger partial charge is 0.343 e. The van der Waals surface area contributed by atoms with Gasteiger partial charge in [-0.2, -0.15) is 0 Å². The summed E-state index contributed by atoms with van der Waals surface area (Å²) in [6, 6.07) is 4.01. The summed E-state index contributed by atoms with van der Waals surface area (Å²) in [6.45, 7) is 3.83. The van der Waals surface area contributed by atoms with Crippen LogP contribution in [-0.4, -0.2) is 10.9 Å². The van der Waals surface area contributed by atoms with E-state index in [1.165, 1.54) is 18.2 Å². The second-order valence-corrected chi connectivity index (χ2v) is 6.25. The van der Waals surface area contributed by atoms with E-state index in [1.807, 2.05) is 13.8 Å². The van der Waals surface area contributed by atoms with E-state index >= 15 is 0 Å². The number of aromatic nitrogens is 1. The van der Waals surface area contributed by atoms with Gasteiger partial charge in [0.2, 0.25) is 0 Å². The van der Waals surface area contributed by atoms with Gasteiger partial charge in [0.25, 0.3) is 5.91 Å². The van der Waals surface area contributed by atoms with Crippen LogP contribution in [0, 0.1) is 12.7 Å². The first-order valence-electron chi connectivity index (χ1n) is 5.65. The number of hydrogen-bond donors (Lipinski definition) is 1. The highest BCUT2D eigenvalue weighted by Crippen LogP contribution is 2.20. The predicted octanol–water partition coefficient (Wildman–Crippen LogP) is 3.84. The molecule has 0 aliphatic rings. The smallest absolute Gasteiger partial charge is 0.251 e. The molecule has 2 rings (SSSR count). The van der Waals surface area contributed by atoms with E-state index in [2.05, 4.69) is 26.2 Å². The zero-order chi connectivity index (χ0) is 14.0. The summed E-state index contributed by atoms with van der Waals surface area (Å²) in [5.74, 6) is -0.638. The minimum Gasteiger partial charge on any atom is -0.343 e. The van der Waals surface area contributed by atoms with Crippen LogP contribution in [0.15, 0.2) is 28.9 Å². The normalized spacial score (nSPS) is 12.2. The average Bonchev–Trinajstić information content (AvgIpc) is 2.79. The van der Waals surface area contributed by atoms with E-state index < -0.39 is 0 Å².